The summed E-state index contributed by atoms with van der Waals surface area (Å²) in [6, 6.07) is 9.21. The fraction of sp³-hybridized carbons (Fsp3) is 0.348. The van der Waals surface area contributed by atoms with Crippen LogP contribution in [0.2, 0.25) is 0 Å². The van der Waals surface area contributed by atoms with E-state index in [0.717, 1.165) is 16.5 Å². The molecular formula is C23H25N3O4. The number of piperazine rings is 1. The van der Waals surface area contributed by atoms with E-state index in [2.05, 4.69) is 11.1 Å². The van der Waals surface area contributed by atoms with Crippen molar-refractivity contribution in [2.24, 2.45) is 0 Å². The number of hydrogen-bond donors (Lipinski definition) is 1. The second-order valence-electron chi connectivity index (χ2n) is 7.85. The molecular weight excluding hydrogens is 382 g/mol. The number of hydrogen-bond acceptors (Lipinski definition) is 4. The van der Waals surface area contributed by atoms with Gasteiger partial charge in [-0.05, 0) is 43.5 Å². The normalized spacial score (nSPS) is 17.0. The van der Waals surface area contributed by atoms with E-state index >= 15 is 0 Å². The number of carbonyl (C=O) groups excluding carboxylic acids is 2. The highest BCUT2D eigenvalue weighted by Gasteiger charge is 2.34. The molecule has 1 N–H and O–H groups in total. The van der Waals surface area contributed by atoms with Crippen LogP contribution in [-0.4, -0.2) is 52.8 Å². The summed E-state index contributed by atoms with van der Waals surface area (Å²) in [6.07, 6.45) is 3.23. The topological polar surface area (TPSA) is 86.6 Å². The minimum Gasteiger partial charge on any atom is -0.427 e. The van der Waals surface area contributed by atoms with Crippen LogP contribution in [0.3, 0.4) is 0 Å². The third-order valence-corrected chi connectivity index (χ3v) is 5.87. The summed E-state index contributed by atoms with van der Waals surface area (Å²) in [5, 5.41) is 1.15. The highest BCUT2D eigenvalue weighted by Crippen LogP contribution is 2.20. The van der Waals surface area contributed by atoms with Crippen molar-refractivity contribution in [1.82, 2.24) is 14.8 Å². The zero-order valence-corrected chi connectivity index (χ0v) is 17.4. The van der Waals surface area contributed by atoms with Crippen molar-refractivity contribution >= 4 is 22.7 Å². The Bertz CT molecular complexity index is 1180. The number of amides is 2. The van der Waals surface area contributed by atoms with Gasteiger partial charge in [0, 0.05) is 43.7 Å². The van der Waals surface area contributed by atoms with Gasteiger partial charge in [0.15, 0.2) is 0 Å². The van der Waals surface area contributed by atoms with Gasteiger partial charge in [0.1, 0.15) is 17.4 Å². The lowest BCUT2D eigenvalue weighted by atomic mass is 10.0. The Labute approximate surface area is 174 Å². The van der Waals surface area contributed by atoms with Crippen molar-refractivity contribution in [2.75, 3.05) is 20.1 Å². The van der Waals surface area contributed by atoms with Crippen LogP contribution in [0, 0.1) is 6.92 Å². The van der Waals surface area contributed by atoms with E-state index < -0.39 is 17.6 Å². The van der Waals surface area contributed by atoms with Crippen LogP contribution >= 0.6 is 0 Å². The van der Waals surface area contributed by atoms with Gasteiger partial charge in [0.25, 0.3) is 5.91 Å². The van der Waals surface area contributed by atoms with Crippen LogP contribution in [0.25, 0.3) is 10.9 Å². The fourth-order valence-electron chi connectivity index (χ4n) is 4.08. The van der Waals surface area contributed by atoms with Gasteiger partial charge in [-0.3, -0.25) is 9.59 Å². The van der Waals surface area contributed by atoms with Crippen molar-refractivity contribution in [2.45, 2.75) is 32.7 Å². The zero-order chi connectivity index (χ0) is 21.4. The molecule has 1 atom stereocenters. The molecule has 1 saturated heterocycles. The first-order valence-electron chi connectivity index (χ1n) is 10.1. The van der Waals surface area contributed by atoms with E-state index in [0.29, 0.717) is 37.3 Å². The van der Waals surface area contributed by atoms with Crippen LogP contribution < -0.4 is 5.63 Å². The van der Waals surface area contributed by atoms with E-state index in [9.17, 15) is 14.4 Å². The summed E-state index contributed by atoms with van der Waals surface area (Å²) >= 11 is 0. The molecule has 1 aromatic carbocycles. The van der Waals surface area contributed by atoms with Gasteiger partial charge in [-0.25, -0.2) is 4.79 Å². The minimum absolute atomic E-state index is 0.00930. The van der Waals surface area contributed by atoms with Crippen LogP contribution in [0.5, 0.6) is 0 Å². The Morgan fingerprint density at radius 1 is 1.20 bits per heavy atom. The van der Waals surface area contributed by atoms with Crippen molar-refractivity contribution in [3.63, 3.8) is 0 Å². The summed E-state index contributed by atoms with van der Waals surface area (Å²) < 4.78 is 5.49. The van der Waals surface area contributed by atoms with Crippen molar-refractivity contribution in [1.29, 1.82) is 0 Å². The molecule has 4 rings (SSSR count). The Kier molecular flexibility index (Phi) is 5.20. The van der Waals surface area contributed by atoms with E-state index in [1.165, 1.54) is 4.90 Å². The molecule has 1 fully saturated rings. The number of aromatic amines is 1. The second kappa shape index (κ2) is 7.82. The van der Waals surface area contributed by atoms with Crippen LogP contribution in [0.1, 0.15) is 34.2 Å². The average Bonchev–Trinajstić information content (AvgIpc) is 3.13. The Balaban J connectivity index is 1.54. The van der Waals surface area contributed by atoms with Gasteiger partial charge in [-0.15, -0.1) is 0 Å². The number of aryl methyl sites for hydroxylation is 3. The quantitative estimate of drug-likeness (QED) is 0.720. The molecule has 3 aromatic rings. The molecule has 30 heavy (non-hydrogen) atoms. The van der Waals surface area contributed by atoms with Gasteiger partial charge in [-0.1, -0.05) is 18.2 Å². The van der Waals surface area contributed by atoms with Crippen LogP contribution in [-0.2, 0) is 17.6 Å². The molecule has 7 heteroatoms. The van der Waals surface area contributed by atoms with E-state index in [1.807, 2.05) is 24.4 Å². The lowest BCUT2D eigenvalue weighted by Gasteiger charge is -2.37. The Hall–Kier alpha value is -3.35. The number of carbonyl (C=O) groups is 2. The van der Waals surface area contributed by atoms with Crippen LogP contribution in [0.15, 0.2) is 45.7 Å². The molecule has 156 valence electrons. The monoisotopic (exact) mass is 407 g/mol. The first-order valence-corrected chi connectivity index (χ1v) is 10.1. The lowest BCUT2D eigenvalue weighted by molar-refractivity contribution is -0.137. The maximum Gasteiger partial charge on any atom is 0.349 e. The first-order chi connectivity index (χ1) is 14.4. The standard InChI is InChI=1S/C23H25N3O4/c1-14-12-17(9-8-16-13-24-19-7-5-4-6-18(16)19)30-23(29)20(14)22(28)26-11-10-25(3)21(27)15(26)2/h4-7,12-13,15,24H,8-11H2,1-3H3. The van der Waals surface area contributed by atoms with Gasteiger partial charge in [-0.2, -0.15) is 0 Å². The molecule has 0 bridgehead atoms. The number of fused-ring (bicyclic) bond motifs is 1. The van der Waals surface area contributed by atoms with Crippen molar-refractivity contribution in [3.05, 3.63) is 69.4 Å². The smallest absolute Gasteiger partial charge is 0.349 e. The summed E-state index contributed by atoms with van der Waals surface area (Å²) in [7, 11) is 1.71. The van der Waals surface area contributed by atoms with Crippen molar-refractivity contribution in [3.8, 4) is 0 Å². The van der Waals surface area contributed by atoms with E-state index in [1.54, 1.807) is 31.9 Å². The molecule has 7 nitrogen and oxygen atoms in total. The molecule has 2 aromatic heterocycles. The number of nitrogens with zero attached hydrogens (tertiary/aromatic N) is 2. The highest BCUT2D eigenvalue weighted by atomic mass is 16.4. The molecule has 3 heterocycles. The maximum atomic E-state index is 13.0. The molecule has 0 spiro atoms. The van der Waals surface area contributed by atoms with Gasteiger partial charge in [0.05, 0.1) is 0 Å². The number of rotatable bonds is 4. The molecule has 0 radical (unpaired) electrons. The van der Waals surface area contributed by atoms with Crippen LogP contribution in [0.4, 0.5) is 0 Å². The van der Waals surface area contributed by atoms with Gasteiger partial charge >= 0.3 is 5.63 Å². The zero-order valence-electron chi connectivity index (χ0n) is 17.4. The molecule has 0 aliphatic carbocycles. The fourth-order valence-corrected chi connectivity index (χ4v) is 4.08. The van der Waals surface area contributed by atoms with Gasteiger partial charge < -0.3 is 19.2 Å². The Morgan fingerprint density at radius 3 is 2.73 bits per heavy atom. The lowest BCUT2D eigenvalue weighted by Crippen LogP contribution is -2.56. The van der Waals surface area contributed by atoms with Crippen molar-refractivity contribution < 1.29 is 14.0 Å². The number of nitrogens with one attached hydrogen (secondary N) is 1. The SMILES string of the molecule is Cc1cc(CCc2c[nH]c3ccccc23)oc(=O)c1C(=O)N1CCN(C)C(=O)C1C. The summed E-state index contributed by atoms with van der Waals surface area (Å²) in [5.41, 5.74) is 2.16. The third kappa shape index (κ3) is 3.51. The Morgan fingerprint density at radius 2 is 1.97 bits per heavy atom. The molecule has 1 aliphatic heterocycles. The molecule has 1 unspecified atom stereocenters. The number of para-hydroxylation sites is 1. The number of benzene rings is 1. The average molecular weight is 407 g/mol. The predicted molar refractivity (Wildman–Crippen MR) is 114 cm³/mol. The van der Waals surface area contributed by atoms with E-state index in [-0.39, 0.29) is 11.5 Å². The maximum absolute atomic E-state index is 13.0. The summed E-state index contributed by atoms with van der Waals surface area (Å²) in [5.74, 6) is -0.0350. The minimum atomic E-state index is -0.646. The predicted octanol–water partition coefficient (Wildman–Crippen LogP) is 2.52. The third-order valence-electron chi connectivity index (χ3n) is 5.87. The largest absolute Gasteiger partial charge is 0.427 e. The summed E-state index contributed by atoms with van der Waals surface area (Å²) in [4.78, 5) is 44.2. The molecule has 1 aliphatic rings. The highest BCUT2D eigenvalue weighted by molar-refractivity contribution is 5.98. The first kappa shape index (κ1) is 19.9. The number of likely N-dealkylation sites (N-methyl/N-ethyl adjacent to an activating group) is 1. The molecule has 0 saturated carbocycles. The summed E-state index contributed by atoms with van der Waals surface area (Å²) in [6.45, 7) is 4.26. The van der Waals surface area contributed by atoms with Gasteiger partial charge in [0.2, 0.25) is 5.91 Å². The second-order valence-corrected chi connectivity index (χ2v) is 7.85. The molecule has 2 amide bonds. The van der Waals surface area contributed by atoms with E-state index in [4.69, 9.17) is 4.42 Å². The number of aromatic nitrogens is 1. The number of H-pyrrole nitrogens is 1.